The van der Waals surface area contributed by atoms with Gasteiger partial charge in [0.2, 0.25) is 0 Å². The number of nitrogens with two attached hydrogens (primary N) is 1. The SMILES string of the molecule is NCc1cc(C(=O)NC2COc3ccccc3C2)ccn1. The van der Waals surface area contributed by atoms with E-state index in [1.54, 1.807) is 18.3 Å². The zero-order valence-electron chi connectivity index (χ0n) is 11.6. The quantitative estimate of drug-likeness (QED) is 0.889. The number of nitrogens with zero attached hydrogens (tertiary/aromatic N) is 1. The molecule has 3 rings (SSSR count). The van der Waals surface area contributed by atoms with Crippen LogP contribution in [-0.4, -0.2) is 23.5 Å². The first-order valence-electron chi connectivity index (χ1n) is 6.93. The molecular formula is C16H17N3O2. The maximum atomic E-state index is 12.3. The van der Waals surface area contributed by atoms with Crippen molar-refractivity contribution in [2.75, 3.05) is 6.61 Å². The Morgan fingerprint density at radius 1 is 1.38 bits per heavy atom. The van der Waals surface area contributed by atoms with Crippen LogP contribution in [-0.2, 0) is 13.0 Å². The average Bonchev–Trinajstić information content (AvgIpc) is 2.54. The minimum absolute atomic E-state index is 0.0260. The number of hydrogen-bond acceptors (Lipinski definition) is 4. The molecule has 21 heavy (non-hydrogen) atoms. The second-order valence-electron chi connectivity index (χ2n) is 5.03. The number of aromatic nitrogens is 1. The van der Waals surface area contributed by atoms with Gasteiger partial charge >= 0.3 is 0 Å². The average molecular weight is 283 g/mol. The summed E-state index contributed by atoms with van der Waals surface area (Å²) in [7, 11) is 0. The number of para-hydroxylation sites is 1. The highest BCUT2D eigenvalue weighted by molar-refractivity contribution is 5.94. The molecule has 2 heterocycles. The van der Waals surface area contributed by atoms with Gasteiger partial charge in [0.05, 0.1) is 11.7 Å². The first-order chi connectivity index (χ1) is 10.3. The number of hydrogen-bond donors (Lipinski definition) is 2. The van der Waals surface area contributed by atoms with E-state index in [1.807, 2.05) is 24.3 Å². The Balaban J connectivity index is 1.68. The molecule has 1 aromatic carbocycles. The summed E-state index contributed by atoms with van der Waals surface area (Å²) >= 11 is 0. The Hall–Kier alpha value is -2.40. The molecule has 0 aliphatic carbocycles. The molecule has 1 unspecified atom stereocenters. The van der Waals surface area contributed by atoms with E-state index in [1.165, 1.54) is 0 Å². The van der Waals surface area contributed by atoms with Gasteiger partial charge in [-0.1, -0.05) is 18.2 Å². The molecule has 1 aliphatic rings. The molecule has 0 bridgehead atoms. The van der Waals surface area contributed by atoms with Crippen molar-refractivity contribution in [3.8, 4) is 5.75 Å². The fourth-order valence-corrected chi connectivity index (χ4v) is 2.42. The number of ether oxygens (including phenoxy) is 1. The lowest BCUT2D eigenvalue weighted by Gasteiger charge is -2.26. The van der Waals surface area contributed by atoms with E-state index in [4.69, 9.17) is 10.5 Å². The van der Waals surface area contributed by atoms with Gasteiger partial charge in [0, 0.05) is 18.3 Å². The third kappa shape index (κ3) is 3.03. The predicted molar refractivity (Wildman–Crippen MR) is 79.0 cm³/mol. The minimum atomic E-state index is -0.125. The summed E-state index contributed by atoms with van der Waals surface area (Å²) in [5.74, 6) is 0.775. The normalized spacial score (nSPS) is 16.7. The molecule has 0 spiro atoms. The van der Waals surface area contributed by atoms with Crippen molar-refractivity contribution in [2.24, 2.45) is 5.73 Å². The number of benzene rings is 1. The van der Waals surface area contributed by atoms with Gasteiger partial charge in [-0.05, 0) is 30.2 Å². The second kappa shape index (κ2) is 5.93. The molecule has 0 saturated carbocycles. The maximum absolute atomic E-state index is 12.3. The van der Waals surface area contributed by atoms with Crippen LogP contribution in [0, 0.1) is 0 Å². The van der Waals surface area contributed by atoms with Gasteiger partial charge < -0.3 is 15.8 Å². The Labute approximate surface area is 123 Å². The summed E-state index contributed by atoms with van der Waals surface area (Å²) in [6.45, 7) is 0.804. The predicted octanol–water partition coefficient (Wildman–Crippen LogP) is 1.27. The van der Waals surface area contributed by atoms with Crippen molar-refractivity contribution in [3.63, 3.8) is 0 Å². The van der Waals surface area contributed by atoms with Crippen molar-refractivity contribution < 1.29 is 9.53 Å². The largest absolute Gasteiger partial charge is 0.491 e. The lowest BCUT2D eigenvalue weighted by molar-refractivity contribution is 0.0915. The first-order valence-corrected chi connectivity index (χ1v) is 6.93. The lowest BCUT2D eigenvalue weighted by Crippen LogP contribution is -2.42. The van der Waals surface area contributed by atoms with Crippen molar-refractivity contribution in [1.82, 2.24) is 10.3 Å². The molecule has 2 aromatic rings. The molecule has 5 nitrogen and oxygen atoms in total. The highest BCUT2D eigenvalue weighted by Crippen LogP contribution is 2.23. The molecule has 1 amide bonds. The molecule has 5 heteroatoms. The Kier molecular flexibility index (Phi) is 3.83. The monoisotopic (exact) mass is 283 g/mol. The summed E-state index contributed by atoms with van der Waals surface area (Å²) < 4.78 is 5.67. The maximum Gasteiger partial charge on any atom is 0.251 e. The number of nitrogens with one attached hydrogen (secondary N) is 1. The van der Waals surface area contributed by atoms with Crippen molar-refractivity contribution in [2.45, 2.75) is 19.0 Å². The Morgan fingerprint density at radius 3 is 3.10 bits per heavy atom. The van der Waals surface area contributed by atoms with Crippen LogP contribution in [0.2, 0.25) is 0 Å². The van der Waals surface area contributed by atoms with Gasteiger partial charge in [0.25, 0.3) is 5.91 Å². The van der Waals surface area contributed by atoms with Crippen LogP contribution in [0.25, 0.3) is 0 Å². The number of amides is 1. The molecule has 0 saturated heterocycles. The lowest BCUT2D eigenvalue weighted by atomic mass is 10.0. The van der Waals surface area contributed by atoms with Gasteiger partial charge in [0.15, 0.2) is 0 Å². The van der Waals surface area contributed by atoms with Crippen LogP contribution < -0.4 is 15.8 Å². The number of rotatable bonds is 3. The number of carbonyl (C=O) groups is 1. The van der Waals surface area contributed by atoms with Crippen molar-refractivity contribution >= 4 is 5.91 Å². The van der Waals surface area contributed by atoms with Crippen molar-refractivity contribution in [1.29, 1.82) is 0 Å². The highest BCUT2D eigenvalue weighted by Gasteiger charge is 2.21. The first kappa shape index (κ1) is 13.6. The molecule has 1 aromatic heterocycles. The van der Waals surface area contributed by atoms with Crippen LogP contribution in [0.4, 0.5) is 0 Å². The molecule has 108 valence electrons. The molecule has 3 N–H and O–H groups in total. The van der Waals surface area contributed by atoms with Crippen LogP contribution >= 0.6 is 0 Å². The van der Waals surface area contributed by atoms with E-state index < -0.39 is 0 Å². The van der Waals surface area contributed by atoms with Gasteiger partial charge in [0.1, 0.15) is 12.4 Å². The Morgan fingerprint density at radius 2 is 2.24 bits per heavy atom. The van der Waals surface area contributed by atoms with Gasteiger partial charge in [-0.2, -0.15) is 0 Å². The van der Waals surface area contributed by atoms with Gasteiger partial charge in [-0.3, -0.25) is 9.78 Å². The smallest absolute Gasteiger partial charge is 0.251 e. The molecule has 0 radical (unpaired) electrons. The van der Waals surface area contributed by atoms with E-state index in [2.05, 4.69) is 10.3 Å². The third-order valence-corrected chi connectivity index (χ3v) is 3.50. The van der Waals surface area contributed by atoms with E-state index in [0.717, 1.165) is 17.7 Å². The summed E-state index contributed by atoms with van der Waals surface area (Å²) in [4.78, 5) is 16.3. The number of pyridine rings is 1. The molecular weight excluding hydrogens is 266 g/mol. The van der Waals surface area contributed by atoms with E-state index in [-0.39, 0.29) is 11.9 Å². The zero-order chi connectivity index (χ0) is 14.7. The van der Waals surface area contributed by atoms with E-state index >= 15 is 0 Å². The summed E-state index contributed by atoms with van der Waals surface area (Å²) in [6, 6.07) is 11.3. The van der Waals surface area contributed by atoms with Gasteiger partial charge in [-0.15, -0.1) is 0 Å². The van der Waals surface area contributed by atoms with E-state index in [0.29, 0.717) is 24.4 Å². The molecule has 1 aliphatic heterocycles. The Bertz CT molecular complexity index is 657. The fraction of sp³-hybridized carbons (Fsp3) is 0.250. The topological polar surface area (TPSA) is 77.2 Å². The van der Waals surface area contributed by atoms with Gasteiger partial charge in [-0.25, -0.2) is 0 Å². The van der Waals surface area contributed by atoms with Crippen LogP contribution in [0.3, 0.4) is 0 Å². The summed E-state index contributed by atoms with van der Waals surface area (Å²) in [5.41, 5.74) is 7.93. The summed E-state index contributed by atoms with van der Waals surface area (Å²) in [6.07, 6.45) is 2.38. The van der Waals surface area contributed by atoms with Crippen molar-refractivity contribution in [3.05, 3.63) is 59.4 Å². The number of carbonyl (C=O) groups excluding carboxylic acids is 1. The standard InChI is InChI=1S/C16H17N3O2/c17-9-13-8-12(5-6-18-13)16(20)19-14-7-11-3-1-2-4-15(11)21-10-14/h1-6,8,14H,7,9-10,17H2,(H,19,20). The second-order valence-corrected chi connectivity index (χ2v) is 5.03. The fourth-order valence-electron chi connectivity index (χ4n) is 2.42. The van der Waals surface area contributed by atoms with Crippen LogP contribution in [0.15, 0.2) is 42.6 Å². The number of fused-ring (bicyclic) bond motifs is 1. The van der Waals surface area contributed by atoms with E-state index in [9.17, 15) is 4.79 Å². The summed E-state index contributed by atoms with van der Waals surface area (Å²) in [5, 5.41) is 2.99. The van der Waals surface area contributed by atoms with Crippen LogP contribution in [0.1, 0.15) is 21.6 Å². The zero-order valence-corrected chi connectivity index (χ0v) is 11.6. The minimum Gasteiger partial charge on any atom is -0.491 e. The highest BCUT2D eigenvalue weighted by atomic mass is 16.5. The third-order valence-electron chi connectivity index (χ3n) is 3.50. The molecule has 0 fully saturated rings. The molecule has 1 atom stereocenters. The van der Waals surface area contributed by atoms with Crippen LogP contribution in [0.5, 0.6) is 5.75 Å².